The van der Waals surface area contributed by atoms with E-state index in [9.17, 15) is 4.79 Å². The number of thioether (sulfide) groups is 1. The van der Waals surface area contributed by atoms with Gasteiger partial charge in [0.1, 0.15) is 5.75 Å². The Labute approximate surface area is 157 Å². The van der Waals surface area contributed by atoms with Crippen molar-refractivity contribution in [1.82, 2.24) is 10.2 Å². The summed E-state index contributed by atoms with van der Waals surface area (Å²) in [5.74, 6) is 1.09. The highest BCUT2D eigenvalue weighted by Gasteiger charge is 2.12. The normalized spacial score (nSPS) is 10.5. The van der Waals surface area contributed by atoms with Crippen molar-refractivity contribution < 1.29 is 13.9 Å². The number of halogens is 1. The van der Waals surface area contributed by atoms with E-state index in [-0.39, 0.29) is 11.7 Å². The number of carbonyl (C=O) groups is 1. The van der Waals surface area contributed by atoms with E-state index in [4.69, 9.17) is 9.15 Å². The number of carbonyl (C=O) groups excluding carboxylic acids is 1. The Morgan fingerprint density at radius 2 is 2.08 bits per heavy atom. The van der Waals surface area contributed by atoms with E-state index in [1.807, 2.05) is 36.4 Å². The van der Waals surface area contributed by atoms with Crippen molar-refractivity contribution in [2.24, 2.45) is 0 Å². The lowest BCUT2D eigenvalue weighted by Gasteiger charge is -2.05. The molecule has 8 heteroatoms. The number of nitrogens with one attached hydrogen (secondary N) is 1. The van der Waals surface area contributed by atoms with Gasteiger partial charge in [-0.3, -0.25) is 4.79 Å². The molecule has 25 heavy (non-hydrogen) atoms. The van der Waals surface area contributed by atoms with E-state index < -0.39 is 0 Å². The van der Waals surface area contributed by atoms with Crippen LogP contribution in [0.25, 0.3) is 11.5 Å². The Morgan fingerprint density at radius 1 is 1.24 bits per heavy atom. The van der Waals surface area contributed by atoms with Gasteiger partial charge in [0.2, 0.25) is 11.8 Å². The van der Waals surface area contributed by atoms with Crippen LogP contribution in [0.1, 0.15) is 0 Å². The van der Waals surface area contributed by atoms with Gasteiger partial charge in [0.05, 0.1) is 12.9 Å². The van der Waals surface area contributed by atoms with Gasteiger partial charge in [-0.1, -0.05) is 39.8 Å². The van der Waals surface area contributed by atoms with Crippen LogP contribution in [-0.2, 0) is 4.79 Å². The molecule has 1 heterocycles. The fourth-order valence-electron chi connectivity index (χ4n) is 2.03. The molecule has 0 spiro atoms. The van der Waals surface area contributed by atoms with Gasteiger partial charge in [0, 0.05) is 21.8 Å². The summed E-state index contributed by atoms with van der Waals surface area (Å²) in [7, 11) is 1.58. The van der Waals surface area contributed by atoms with Gasteiger partial charge >= 0.3 is 0 Å². The zero-order valence-electron chi connectivity index (χ0n) is 13.2. The summed E-state index contributed by atoms with van der Waals surface area (Å²) in [6.45, 7) is 0. The molecule has 0 radical (unpaired) electrons. The number of hydrogen-bond acceptors (Lipinski definition) is 6. The number of nitrogens with zero attached hydrogens (tertiary/aromatic N) is 2. The average molecular weight is 420 g/mol. The molecule has 1 amide bonds. The lowest BCUT2D eigenvalue weighted by Crippen LogP contribution is -2.13. The summed E-state index contributed by atoms with van der Waals surface area (Å²) < 4.78 is 11.6. The van der Waals surface area contributed by atoms with E-state index in [0.717, 1.165) is 10.0 Å². The third-order valence-corrected chi connectivity index (χ3v) is 4.47. The number of amides is 1. The summed E-state index contributed by atoms with van der Waals surface area (Å²) in [4.78, 5) is 12.0. The fourth-order valence-corrected chi connectivity index (χ4v) is 2.99. The lowest BCUT2D eigenvalue weighted by atomic mass is 10.2. The first kappa shape index (κ1) is 17.5. The zero-order valence-corrected chi connectivity index (χ0v) is 15.6. The smallest absolute Gasteiger partial charge is 0.277 e. The van der Waals surface area contributed by atoms with Crippen LogP contribution in [0.2, 0.25) is 0 Å². The third-order valence-electron chi connectivity index (χ3n) is 3.16. The Kier molecular flexibility index (Phi) is 5.72. The summed E-state index contributed by atoms with van der Waals surface area (Å²) >= 11 is 4.58. The molecule has 6 nitrogen and oxygen atoms in total. The van der Waals surface area contributed by atoms with Gasteiger partial charge in [0.15, 0.2) is 0 Å². The molecular weight excluding hydrogens is 406 g/mol. The first-order valence-corrected chi connectivity index (χ1v) is 9.08. The molecule has 0 unspecified atom stereocenters. The van der Waals surface area contributed by atoms with Crippen LogP contribution in [0, 0.1) is 0 Å². The Balaban J connectivity index is 1.57. The number of anilines is 1. The summed E-state index contributed by atoms with van der Waals surface area (Å²) in [6.07, 6.45) is 0. The highest BCUT2D eigenvalue weighted by molar-refractivity contribution is 9.10. The molecule has 2 aromatic carbocycles. The molecule has 0 aliphatic rings. The topological polar surface area (TPSA) is 77.2 Å². The van der Waals surface area contributed by atoms with E-state index >= 15 is 0 Å². The largest absolute Gasteiger partial charge is 0.497 e. The molecule has 128 valence electrons. The number of hydrogen-bond donors (Lipinski definition) is 1. The van der Waals surface area contributed by atoms with Crippen molar-refractivity contribution >= 4 is 39.3 Å². The highest BCUT2D eigenvalue weighted by Crippen LogP contribution is 2.25. The average Bonchev–Trinajstić information content (AvgIpc) is 3.09. The zero-order chi connectivity index (χ0) is 17.6. The second-order valence-electron chi connectivity index (χ2n) is 4.95. The monoisotopic (exact) mass is 419 g/mol. The third kappa shape index (κ3) is 4.83. The summed E-state index contributed by atoms with van der Waals surface area (Å²) in [5, 5.41) is 11.1. The summed E-state index contributed by atoms with van der Waals surface area (Å²) in [5.41, 5.74) is 1.49. The molecule has 0 aliphatic carbocycles. The maximum atomic E-state index is 12.0. The van der Waals surface area contributed by atoms with Gasteiger partial charge in [-0.25, -0.2) is 0 Å². The predicted molar refractivity (Wildman–Crippen MR) is 99.8 cm³/mol. The van der Waals surface area contributed by atoms with E-state index in [1.54, 1.807) is 19.2 Å². The molecule has 0 fully saturated rings. The summed E-state index contributed by atoms with van der Waals surface area (Å²) in [6, 6.07) is 14.7. The van der Waals surface area contributed by atoms with Crippen LogP contribution in [0.5, 0.6) is 5.75 Å². The van der Waals surface area contributed by atoms with Crippen molar-refractivity contribution in [3.05, 3.63) is 53.0 Å². The molecule has 0 bridgehead atoms. The molecule has 0 saturated carbocycles. The van der Waals surface area contributed by atoms with E-state index in [0.29, 0.717) is 22.6 Å². The second kappa shape index (κ2) is 8.17. The van der Waals surface area contributed by atoms with Crippen LogP contribution in [-0.4, -0.2) is 29.0 Å². The molecule has 3 rings (SSSR count). The van der Waals surface area contributed by atoms with Gasteiger partial charge in [0.25, 0.3) is 5.22 Å². The molecule has 1 aromatic heterocycles. The molecule has 0 saturated heterocycles. The van der Waals surface area contributed by atoms with Crippen molar-refractivity contribution in [2.45, 2.75) is 5.22 Å². The van der Waals surface area contributed by atoms with Crippen LogP contribution < -0.4 is 10.1 Å². The number of aromatic nitrogens is 2. The van der Waals surface area contributed by atoms with Crippen LogP contribution in [0.15, 0.2) is 62.6 Å². The van der Waals surface area contributed by atoms with Crippen molar-refractivity contribution in [2.75, 3.05) is 18.2 Å². The van der Waals surface area contributed by atoms with Gasteiger partial charge in [-0.2, -0.15) is 0 Å². The number of methoxy groups -OCH3 is 1. The minimum Gasteiger partial charge on any atom is -0.497 e. The Morgan fingerprint density at radius 3 is 2.88 bits per heavy atom. The van der Waals surface area contributed by atoms with E-state index in [2.05, 4.69) is 31.4 Å². The lowest BCUT2D eigenvalue weighted by molar-refractivity contribution is -0.113. The number of ether oxygens (including phenoxy) is 1. The SMILES string of the molecule is COc1cccc(NC(=O)CSc2nnc(-c3cccc(Br)c3)o2)c1. The van der Waals surface area contributed by atoms with Gasteiger partial charge < -0.3 is 14.5 Å². The first-order chi connectivity index (χ1) is 12.1. The van der Waals surface area contributed by atoms with Gasteiger partial charge in [-0.05, 0) is 30.3 Å². The minimum absolute atomic E-state index is 0.164. The molecule has 1 N–H and O–H groups in total. The van der Waals surface area contributed by atoms with Crippen molar-refractivity contribution in [1.29, 1.82) is 0 Å². The van der Waals surface area contributed by atoms with Crippen LogP contribution in [0.4, 0.5) is 5.69 Å². The number of rotatable bonds is 6. The van der Waals surface area contributed by atoms with Crippen LogP contribution >= 0.6 is 27.7 Å². The van der Waals surface area contributed by atoms with Crippen molar-refractivity contribution in [3.8, 4) is 17.2 Å². The standard InChI is InChI=1S/C17H14BrN3O3S/c1-23-14-7-3-6-13(9-14)19-15(22)10-25-17-21-20-16(24-17)11-4-2-5-12(18)8-11/h2-9H,10H2,1H3,(H,19,22). The maximum absolute atomic E-state index is 12.0. The second-order valence-corrected chi connectivity index (χ2v) is 6.79. The number of benzene rings is 2. The maximum Gasteiger partial charge on any atom is 0.277 e. The molecular formula is C17H14BrN3O3S. The predicted octanol–water partition coefficient (Wildman–Crippen LogP) is 4.24. The molecule has 3 aromatic rings. The van der Waals surface area contributed by atoms with Crippen LogP contribution in [0.3, 0.4) is 0 Å². The minimum atomic E-state index is -0.166. The van der Waals surface area contributed by atoms with Crippen molar-refractivity contribution in [3.63, 3.8) is 0 Å². The Bertz CT molecular complexity index is 885. The fraction of sp³-hybridized carbons (Fsp3) is 0.118. The first-order valence-electron chi connectivity index (χ1n) is 7.30. The molecule has 0 aliphatic heterocycles. The van der Waals surface area contributed by atoms with Gasteiger partial charge in [-0.15, -0.1) is 10.2 Å². The Hall–Kier alpha value is -2.32. The highest BCUT2D eigenvalue weighted by atomic mass is 79.9. The molecule has 0 atom stereocenters. The quantitative estimate of drug-likeness (QED) is 0.602. The van der Waals surface area contributed by atoms with E-state index in [1.165, 1.54) is 11.8 Å².